The average Bonchev–Trinajstić information content (AvgIpc) is 2.46. The smallest absolute Gasteiger partial charge is 0.399 e. The Labute approximate surface area is 122 Å². The standard InChI is InChI=1S/C14H9F5N2O/c15-11-7-6-9(12(16)13(11)22-14(17,18)19)8-20-21-10-4-2-1-3-5-10/h1-8,21H. The lowest BCUT2D eigenvalue weighted by Crippen LogP contribution is -2.19. The first-order chi connectivity index (χ1) is 10.4. The van der Waals surface area contributed by atoms with Gasteiger partial charge in [-0.3, -0.25) is 5.43 Å². The molecule has 0 atom stereocenters. The fraction of sp³-hybridized carbons (Fsp3) is 0.0714. The summed E-state index contributed by atoms with van der Waals surface area (Å²) in [6.07, 6.45) is -4.27. The SMILES string of the molecule is Fc1ccc(C=NNc2ccccc2)c(F)c1OC(F)(F)F. The molecule has 0 aliphatic carbocycles. The molecule has 0 fully saturated rings. The minimum Gasteiger partial charge on any atom is -0.399 e. The molecule has 2 aromatic rings. The number of anilines is 1. The van der Waals surface area contributed by atoms with E-state index in [2.05, 4.69) is 15.3 Å². The predicted molar refractivity (Wildman–Crippen MR) is 70.7 cm³/mol. The van der Waals surface area contributed by atoms with Crippen molar-refractivity contribution in [3.63, 3.8) is 0 Å². The molecule has 0 saturated heterocycles. The number of para-hydroxylation sites is 1. The van der Waals surface area contributed by atoms with E-state index in [1.54, 1.807) is 30.3 Å². The van der Waals surface area contributed by atoms with Crippen LogP contribution in [0.3, 0.4) is 0 Å². The number of hydrogen-bond donors (Lipinski definition) is 1. The zero-order valence-electron chi connectivity index (χ0n) is 10.9. The van der Waals surface area contributed by atoms with Gasteiger partial charge < -0.3 is 4.74 Å². The highest BCUT2D eigenvalue weighted by atomic mass is 19.4. The van der Waals surface area contributed by atoms with Crippen molar-refractivity contribution in [3.8, 4) is 5.75 Å². The van der Waals surface area contributed by atoms with Gasteiger partial charge >= 0.3 is 6.36 Å². The third-order valence-corrected chi connectivity index (χ3v) is 2.47. The molecule has 0 aliphatic rings. The molecule has 0 heterocycles. The van der Waals surface area contributed by atoms with Crippen LogP contribution in [0.15, 0.2) is 47.6 Å². The molecule has 0 aliphatic heterocycles. The molecule has 22 heavy (non-hydrogen) atoms. The van der Waals surface area contributed by atoms with Gasteiger partial charge in [0.2, 0.25) is 5.75 Å². The monoisotopic (exact) mass is 316 g/mol. The lowest BCUT2D eigenvalue weighted by Gasteiger charge is -2.11. The maximum Gasteiger partial charge on any atom is 0.573 e. The van der Waals surface area contributed by atoms with E-state index in [1.165, 1.54) is 0 Å². The first-order valence-electron chi connectivity index (χ1n) is 5.95. The van der Waals surface area contributed by atoms with Gasteiger partial charge in [0, 0.05) is 5.56 Å². The summed E-state index contributed by atoms with van der Waals surface area (Å²) in [7, 11) is 0. The average molecular weight is 316 g/mol. The first kappa shape index (κ1) is 15.7. The Morgan fingerprint density at radius 1 is 1.00 bits per heavy atom. The minimum atomic E-state index is -5.19. The third-order valence-electron chi connectivity index (χ3n) is 2.47. The van der Waals surface area contributed by atoms with Gasteiger partial charge in [-0.1, -0.05) is 18.2 Å². The molecule has 0 aromatic heterocycles. The van der Waals surface area contributed by atoms with Gasteiger partial charge in [-0.15, -0.1) is 13.2 Å². The number of rotatable bonds is 4. The number of ether oxygens (including phenoxy) is 1. The first-order valence-corrected chi connectivity index (χ1v) is 5.95. The van der Waals surface area contributed by atoms with Crippen LogP contribution in [0.25, 0.3) is 0 Å². The second-order valence-electron chi connectivity index (χ2n) is 4.06. The van der Waals surface area contributed by atoms with Crippen LogP contribution in [0.2, 0.25) is 0 Å². The van der Waals surface area contributed by atoms with Gasteiger partial charge in [0.05, 0.1) is 11.9 Å². The van der Waals surface area contributed by atoms with E-state index >= 15 is 0 Å². The van der Waals surface area contributed by atoms with Gasteiger partial charge in [0.25, 0.3) is 0 Å². The van der Waals surface area contributed by atoms with Crippen molar-refractivity contribution in [2.75, 3.05) is 5.43 Å². The van der Waals surface area contributed by atoms with E-state index in [4.69, 9.17) is 0 Å². The number of hydrogen-bond acceptors (Lipinski definition) is 3. The molecule has 0 amide bonds. The van der Waals surface area contributed by atoms with Crippen LogP contribution in [-0.4, -0.2) is 12.6 Å². The number of benzene rings is 2. The lowest BCUT2D eigenvalue weighted by atomic mass is 10.2. The molecule has 8 heteroatoms. The molecular weight excluding hydrogens is 307 g/mol. The van der Waals surface area contributed by atoms with Crippen LogP contribution in [0.1, 0.15) is 5.56 Å². The summed E-state index contributed by atoms with van der Waals surface area (Å²) in [5.74, 6) is -4.46. The number of nitrogens with one attached hydrogen (secondary N) is 1. The molecule has 2 aromatic carbocycles. The van der Waals surface area contributed by atoms with Gasteiger partial charge in [-0.05, 0) is 24.3 Å². The van der Waals surface area contributed by atoms with Crippen LogP contribution in [-0.2, 0) is 0 Å². The molecule has 3 nitrogen and oxygen atoms in total. The van der Waals surface area contributed by atoms with Gasteiger partial charge in [-0.2, -0.15) is 5.10 Å². The van der Waals surface area contributed by atoms with Crippen molar-refractivity contribution in [1.82, 2.24) is 0 Å². The third kappa shape index (κ3) is 4.18. The molecule has 0 radical (unpaired) electrons. The van der Waals surface area contributed by atoms with E-state index in [1.807, 2.05) is 0 Å². The van der Waals surface area contributed by atoms with Crippen molar-refractivity contribution in [1.29, 1.82) is 0 Å². The van der Waals surface area contributed by atoms with Crippen molar-refractivity contribution in [2.45, 2.75) is 6.36 Å². The highest BCUT2D eigenvalue weighted by Gasteiger charge is 2.34. The van der Waals surface area contributed by atoms with Gasteiger partial charge in [0.1, 0.15) is 0 Å². The molecule has 2 rings (SSSR count). The summed E-state index contributed by atoms with van der Waals surface area (Å²) in [5, 5.41) is 3.67. The van der Waals surface area contributed by atoms with Crippen LogP contribution in [0, 0.1) is 11.6 Å². The van der Waals surface area contributed by atoms with Gasteiger partial charge in [0.15, 0.2) is 11.6 Å². The summed E-state index contributed by atoms with van der Waals surface area (Å²) < 4.78 is 66.7. The number of alkyl halides is 3. The maximum absolute atomic E-state index is 13.8. The zero-order valence-corrected chi connectivity index (χ0v) is 10.9. The van der Waals surface area contributed by atoms with Crippen LogP contribution < -0.4 is 10.2 Å². The highest BCUT2D eigenvalue weighted by Crippen LogP contribution is 2.29. The van der Waals surface area contributed by atoms with Crippen LogP contribution >= 0.6 is 0 Å². The Hall–Kier alpha value is -2.64. The summed E-state index contributed by atoms with van der Waals surface area (Å²) >= 11 is 0. The van der Waals surface area contributed by atoms with E-state index < -0.39 is 23.7 Å². The molecule has 0 unspecified atom stereocenters. The Balaban J connectivity index is 2.19. The van der Waals surface area contributed by atoms with Crippen molar-refractivity contribution < 1.29 is 26.7 Å². The van der Waals surface area contributed by atoms with Gasteiger partial charge in [-0.25, -0.2) is 8.78 Å². The Morgan fingerprint density at radius 2 is 1.68 bits per heavy atom. The molecule has 116 valence electrons. The Kier molecular flexibility index (Phi) is 4.59. The van der Waals surface area contributed by atoms with E-state index in [9.17, 15) is 22.0 Å². The Bertz CT molecular complexity index is 671. The summed E-state index contributed by atoms with van der Waals surface area (Å²) in [6, 6.07) is 10.2. The summed E-state index contributed by atoms with van der Waals surface area (Å²) in [4.78, 5) is 0. The molecule has 0 saturated carbocycles. The fourth-order valence-electron chi connectivity index (χ4n) is 1.55. The lowest BCUT2D eigenvalue weighted by molar-refractivity contribution is -0.276. The second kappa shape index (κ2) is 6.42. The van der Waals surface area contributed by atoms with Crippen molar-refractivity contribution in [2.24, 2.45) is 5.10 Å². The fourth-order valence-corrected chi connectivity index (χ4v) is 1.55. The summed E-state index contributed by atoms with van der Waals surface area (Å²) in [6.45, 7) is 0. The van der Waals surface area contributed by atoms with Crippen molar-refractivity contribution in [3.05, 3.63) is 59.7 Å². The largest absolute Gasteiger partial charge is 0.573 e. The number of halogens is 5. The van der Waals surface area contributed by atoms with Crippen LogP contribution in [0.5, 0.6) is 5.75 Å². The van der Waals surface area contributed by atoms with Crippen LogP contribution in [0.4, 0.5) is 27.6 Å². The summed E-state index contributed by atoms with van der Waals surface area (Å²) in [5.41, 5.74) is 2.78. The zero-order chi connectivity index (χ0) is 16.2. The van der Waals surface area contributed by atoms with E-state index in [-0.39, 0.29) is 5.56 Å². The van der Waals surface area contributed by atoms with Crippen molar-refractivity contribution >= 4 is 11.9 Å². The quantitative estimate of drug-likeness (QED) is 0.518. The molecular formula is C14H9F5N2O. The normalized spacial score (nSPS) is 11.7. The predicted octanol–water partition coefficient (Wildman–Crippen LogP) is 4.31. The topological polar surface area (TPSA) is 33.6 Å². The maximum atomic E-state index is 13.8. The van der Waals surface area contributed by atoms with E-state index in [0.717, 1.165) is 12.3 Å². The highest BCUT2D eigenvalue weighted by molar-refractivity contribution is 5.81. The van der Waals surface area contributed by atoms with E-state index in [0.29, 0.717) is 11.8 Å². The minimum absolute atomic E-state index is 0.357. The molecule has 1 N–H and O–H groups in total. The number of hydrazone groups is 1. The molecule has 0 bridgehead atoms. The number of nitrogens with zero attached hydrogens (tertiary/aromatic N) is 1. The Morgan fingerprint density at radius 3 is 2.32 bits per heavy atom. The second-order valence-corrected chi connectivity index (χ2v) is 4.06. The molecule has 0 spiro atoms.